The summed E-state index contributed by atoms with van der Waals surface area (Å²) in [6, 6.07) is 10.4. The van der Waals surface area contributed by atoms with Gasteiger partial charge in [-0.15, -0.1) is 0 Å². The van der Waals surface area contributed by atoms with Gasteiger partial charge in [0.15, 0.2) is 0 Å². The lowest BCUT2D eigenvalue weighted by atomic mass is 9.87. The lowest BCUT2D eigenvalue weighted by Crippen LogP contribution is -2.45. The average Bonchev–Trinajstić information content (AvgIpc) is 2.67. The highest BCUT2D eigenvalue weighted by molar-refractivity contribution is 6.31. The largest absolute Gasteiger partial charge is 0.417 e. The van der Waals surface area contributed by atoms with Gasteiger partial charge in [0.05, 0.1) is 27.5 Å². The number of rotatable bonds is 4. The van der Waals surface area contributed by atoms with Crippen molar-refractivity contribution in [2.24, 2.45) is 11.5 Å². The Labute approximate surface area is 163 Å². The number of aromatic nitrogens is 2. The molecule has 0 saturated heterocycles. The molecule has 4 nitrogen and oxygen atoms in total. The Morgan fingerprint density at radius 1 is 0.964 bits per heavy atom. The SMILES string of the molecule is NCC(N)(c1ccc(F)cc1)c1cc(-c2ccc(C(F)(F)F)c(Cl)c2)ncn1. The fraction of sp³-hybridized carbons (Fsp3) is 0.158. The summed E-state index contributed by atoms with van der Waals surface area (Å²) >= 11 is 5.79. The number of benzene rings is 2. The van der Waals surface area contributed by atoms with Crippen LogP contribution >= 0.6 is 11.6 Å². The lowest BCUT2D eigenvalue weighted by Gasteiger charge is -2.28. The van der Waals surface area contributed by atoms with Gasteiger partial charge in [0.25, 0.3) is 0 Å². The molecule has 3 rings (SSSR count). The van der Waals surface area contributed by atoms with Gasteiger partial charge in [-0.3, -0.25) is 0 Å². The van der Waals surface area contributed by atoms with Gasteiger partial charge in [-0.1, -0.05) is 29.8 Å². The minimum absolute atomic E-state index is 0.0388. The van der Waals surface area contributed by atoms with Crippen LogP contribution in [0.5, 0.6) is 0 Å². The van der Waals surface area contributed by atoms with Gasteiger partial charge in [-0.25, -0.2) is 14.4 Å². The van der Waals surface area contributed by atoms with Gasteiger partial charge in [-0.2, -0.15) is 13.2 Å². The van der Waals surface area contributed by atoms with Crippen LogP contribution in [0, 0.1) is 5.82 Å². The highest BCUT2D eigenvalue weighted by Crippen LogP contribution is 2.37. The van der Waals surface area contributed by atoms with E-state index in [1.54, 1.807) is 0 Å². The van der Waals surface area contributed by atoms with Crippen molar-refractivity contribution in [1.82, 2.24) is 9.97 Å². The third-order valence-electron chi connectivity index (χ3n) is 4.38. The van der Waals surface area contributed by atoms with Crippen molar-refractivity contribution in [3.63, 3.8) is 0 Å². The first-order valence-corrected chi connectivity index (χ1v) is 8.47. The van der Waals surface area contributed by atoms with Crippen molar-refractivity contribution in [1.29, 1.82) is 0 Å². The summed E-state index contributed by atoms with van der Waals surface area (Å²) in [6.45, 7) is -0.0388. The van der Waals surface area contributed by atoms with Crippen molar-refractivity contribution >= 4 is 11.6 Å². The summed E-state index contributed by atoms with van der Waals surface area (Å²) in [5.41, 5.74) is 11.7. The van der Waals surface area contributed by atoms with Crippen molar-refractivity contribution in [2.45, 2.75) is 11.7 Å². The Balaban J connectivity index is 2.04. The summed E-state index contributed by atoms with van der Waals surface area (Å²) in [5.74, 6) is -0.425. The van der Waals surface area contributed by atoms with Gasteiger partial charge in [-0.05, 0) is 35.9 Å². The maximum Gasteiger partial charge on any atom is 0.417 e. The zero-order chi connectivity index (χ0) is 20.5. The topological polar surface area (TPSA) is 77.8 Å². The first-order valence-electron chi connectivity index (χ1n) is 8.10. The maximum atomic E-state index is 13.2. The smallest absolute Gasteiger partial charge is 0.328 e. The minimum Gasteiger partial charge on any atom is -0.328 e. The molecule has 1 aromatic heterocycles. The van der Waals surface area contributed by atoms with Gasteiger partial charge >= 0.3 is 6.18 Å². The molecule has 0 aliphatic rings. The zero-order valence-corrected chi connectivity index (χ0v) is 15.1. The quantitative estimate of drug-likeness (QED) is 0.634. The average molecular weight is 411 g/mol. The highest BCUT2D eigenvalue weighted by atomic mass is 35.5. The molecule has 146 valence electrons. The summed E-state index contributed by atoms with van der Waals surface area (Å²) in [7, 11) is 0. The first kappa shape index (κ1) is 20.2. The van der Waals surface area contributed by atoms with E-state index in [1.807, 2.05) is 0 Å². The monoisotopic (exact) mass is 410 g/mol. The molecule has 1 atom stereocenters. The van der Waals surface area contributed by atoms with Gasteiger partial charge in [0.2, 0.25) is 0 Å². The molecule has 0 amide bonds. The van der Waals surface area contributed by atoms with E-state index in [-0.39, 0.29) is 6.54 Å². The Bertz CT molecular complexity index is 992. The number of hydrogen-bond acceptors (Lipinski definition) is 4. The zero-order valence-electron chi connectivity index (χ0n) is 14.3. The Morgan fingerprint density at radius 3 is 2.21 bits per heavy atom. The molecule has 1 heterocycles. The van der Waals surface area contributed by atoms with Crippen molar-refractivity contribution in [2.75, 3.05) is 6.54 Å². The predicted molar refractivity (Wildman–Crippen MR) is 97.9 cm³/mol. The van der Waals surface area contributed by atoms with Crippen molar-refractivity contribution in [3.8, 4) is 11.3 Å². The van der Waals surface area contributed by atoms with Gasteiger partial charge in [0, 0.05) is 12.1 Å². The Morgan fingerprint density at radius 2 is 1.64 bits per heavy atom. The summed E-state index contributed by atoms with van der Waals surface area (Å²) < 4.78 is 51.9. The molecule has 0 aliphatic heterocycles. The van der Waals surface area contributed by atoms with Crippen LogP contribution in [0.25, 0.3) is 11.3 Å². The molecule has 0 spiro atoms. The van der Waals surface area contributed by atoms with Crippen LogP contribution in [0.4, 0.5) is 17.6 Å². The maximum absolute atomic E-state index is 13.2. The number of nitrogens with two attached hydrogens (primary N) is 2. The Kier molecular flexibility index (Phi) is 5.38. The second kappa shape index (κ2) is 7.46. The van der Waals surface area contributed by atoms with Crippen LogP contribution in [0.15, 0.2) is 54.9 Å². The second-order valence-electron chi connectivity index (χ2n) is 6.16. The molecule has 0 aliphatic carbocycles. The van der Waals surface area contributed by atoms with E-state index in [2.05, 4.69) is 9.97 Å². The van der Waals surface area contributed by atoms with E-state index in [0.29, 0.717) is 22.5 Å². The van der Waals surface area contributed by atoms with Crippen LogP contribution < -0.4 is 11.5 Å². The molecular weight excluding hydrogens is 396 g/mol. The van der Waals surface area contributed by atoms with Gasteiger partial charge < -0.3 is 11.5 Å². The molecule has 28 heavy (non-hydrogen) atoms. The normalized spacial score (nSPS) is 14.0. The van der Waals surface area contributed by atoms with E-state index in [9.17, 15) is 17.6 Å². The molecule has 4 N–H and O–H groups in total. The van der Waals surface area contributed by atoms with E-state index in [4.69, 9.17) is 23.1 Å². The molecule has 9 heteroatoms. The van der Waals surface area contributed by atoms with E-state index in [1.165, 1.54) is 48.8 Å². The minimum atomic E-state index is -4.55. The molecule has 0 radical (unpaired) electrons. The standard InChI is InChI=1S/C19H15ClF4N4/c20-15-7-11(1-6-14(15)19(22,23)24)16-8-17(28-10-27-16)18(26,9-25)12-2-4-13(21)5-3-12/h1-8,10H,9,25-26H2. The van der Waals surface area contributed by atoms with Crippen LogP contribution in [0.2, 0.25) is 5.02 Å². The first-order chi connectivity index (χ1) is 13.1. The lowest BCUT2D eigenvalue weighted by molar-refractivity contribution is -0.137. The molecule has 3 aromatic rings. The molecule has 0 fully saturated rings. The summed E-state index contributed by atoms with van der Waals surface area (Å²) in [5, 5.41) is -0.443. The van der Waals surface area contributed by atoms with Crippen molar-refractivity contribution < 1.29 is 17.6 Å². The van der Waals surface area contributed by atoms with Crippen LogP contribution in [0.3, 0.4) is 0 Å². The molecule has 1 unspecified atom stereocenters. The number of alkyl halides is 3. The van der Waals surface area contributed by atoms with Crippen LogP contribution in [-0.4, -0.2) is 16.5 Å². The molecule has 0 saturated carbocycles. The second-order valence-corrected chi connectivity index (χ2v) is 6.57. The van der Waals surface area contributed by atoms with E-state index >= 15 is 0 Å². The van der Waals surface area contributed by atoms with Crippen LogP contribution in [0.1, 0.15) is 16.8 Å². The fourth-order valence-electron chi connectivity index (χ4n) is 2.78. The van der Waals surface area contributed by atoms with Crippen molar-refractivity contribution in [3.05, 3.63) is 82.5 Å². The van der Waals surface area contributed by atoms with Crippen LogP contribution in [-0.2, 0) is 11.7 Å². The van der Waals surface area contributed by atoms with Gasteiger partial charge in [0.1, 0.15) is 12.1 Å². The molecular formula is C19H15ClF4N4. The Hall–Kier alpha value is -2.55. The van der Waals surface area contributed by atoms with E-state index < -0.39 is 28.1 Å². The highest BCUT2D eigenvalue weighted by Gasteiger charge is 2.33. The summed E-state index contributed by atoms with van der Waals surface area (Å²) in [4.78, 5) is 8.25. The molecule has 2 aromatic carbocycles. The number of hydrogen-bond donors (Lipinski definition) is 2. The third-order valence-corrected chi connectivity index (χ3v) is 4.69. The summed E-state index contributed by atoms with van der Waals surface area (Å²) in [6.07, 6.45) is -3.32. The number of nitrogens with zero attached hydrogens (tertiary/aromatic N) is 2. The predicted octanol–water partition coefficient (Wildman–Crippen LogP) is 4.12. The number of halogens is 5. The molecule has 0 bridgehead atoms. The fourth-order valence-corrected chi connectivity index (χ4v) is 3.07. The third kappa shape index (κ3) is 3.84. The van der Waals surface area contributed by atoms with E-state index in [0.717, 1.165) is 6.07 Å².